The van der Waals surface area contributed by atoms with Crippen LogP contribution < -0.4 is 19.5 Å². The molecule has 0 aromatic heterocycles. The molecule has 2 amide bonds. The minimum absolute atomic E-state index is 0.101. The summed E-state index contributed by atoms with van der Waals surface area (Å²) in [6.07, 6.45) is 6.42. The Labute approximate surface area is 319 Å². The Morgan fingerprint density at radius 3 is 2.28 bits per heavy atom. The number of nitrogens with zero attached hydrogens (tertiary/aromatic N) is 1. The number of hydrogen-bond donors (Lipinski definition) is 2. The molecule has 1 heterocycles. The monoisotopic (exact) mass is 768 g/mol. The van der Waals surface area contributed by atoms with Crippen LogP contribution in [0.5, 0.6) is 17.2 Å². The molecule has 2 aliphatic rings. The lowest BCUT2D eigenvalue weighted by Gasteiger charge is -2.39. The van der Waals surface area contributed by atoms with Gasteiger partial charge in [0.1, 0.15) is 23.9 Å². The Balaban J connectivity index is 1.39. The van der Waals surface area contributed by atoms with Gasteiger partial charge in [0.2, 0.25) is 5.91 Å². The van der Waals surface area contributed by atoms with E-state index in [1.54, 1.807) is 43.4 Å². The molecule has 2 N–H and O–H groups in total. The first-order valence-electron chi connectivity index (χ1n) is 18.0. The van der Waals surface area contributed by atoms with Crippen LogP contribution in [0.3, 0.4) is 0 Å². The molecule has 3 aromatic rings. The van der Waals surface area contributed by atoms with Gasteiger partial charge in [-0.2, -0.15) is 0 Å². The highest BCUT2D eigenvalue weighted by Gasteiger charge is 2.41. The maximum Gasteiger partial charge on any atom is 0.341 e. The number of amides is 2. The normalized spacial score (nSPS) is 17.3. The Kier molecular flexibility index (Phi) is 14.3. The quantitative estimate of drug-likeness (QED) is 0.151. The molecule has 3 atom stereocenters. The molecule has 1 aliphatic heterocycles. The number of benzene rings is 3. The second-order valence-corrected chi connectivity index (χ2v) is 14.3. The van der Waals surface area contributed by atoms with Crippen LogP contribution in [0.4, 0.5) is 0 Å². The second kappa shape index (κ2) is 19.0. The topological polar surface area (TPSA) is 141 Å². The molecule has 284 valence electrons. The van der Waals surface area contributed by atoms with E-state index in [-0.39, 0.29) is 17.4 Å². The maximum absolute atomic E-state index is 14.5. The summed E-state index contributed by atoms with van der Waals surface area (Å²) in [5.41, 5.74) is 1.78. The lowest BCUT2D eigenvalue weighted by molar-refractivity contribution is -0.163. The van der Waals surface area contributed by atoms with Crippen molar-refractivity contribution >= 4 is 47.0 Å². The fourth-order valence-corrected chi connectivity index (χ4v) is 7.70. The number of aliphatic carboxylic acids is 1. The molecule has 2 fully saturated rings. The van der Waals surface area contributed by atoms with E-state index in [9.17, 15) is 19.2 Å². The van der Waals surface area contributed by atoms with Gasteiger partial charge in [0, 0.05) is 22.2 Å². The average molecular weight is 770 g/mol. The number of aryl methyl sites for hydroxylation is 1. The zero-order chi connectivity index (χ0) is 37.9. The van der Waals surface area contributed by atoms with Crippen LogP contribution in [0.1, 0.15) is 85.4 Å². The number of halogens is 2. The maximum atomic E-state index is 14.5. The number of piperidine rings is 1. The molecule has 5 rings (SSSR count). The smallest absolute Gasteiger partial charge is 0.341 e. The Morgan fingerprint density at radius 1 is 0.868 bits per heavy atom. The van der Waals surface area contributed by atoms with Crippen molar-refractivity contribution < 1.29 is 43.2 Å². The third-order valence-corrected chi connectivity index (χ3v) is 10.3. The third kappa shape index (κ3) is 10.8. The number of methoxy groups -OCH3 is 2. The molecule has 0 spiro atoms. The van der Waals surface area contributed by atoms with E-state index in [4.69, 9.17) is 47.3 Å². The summed E-state index contributed by atoms with van der Waals surface area (Å²) in [5, 5.41) is 12.7. The van der Waals surface area contributed by atoms with Gasteiger partial charge in [-0.25, -0.2) is 9.59 Å². The zero-order valence-electron chi connectivity index (χ0n) is 30.0. The first-order valence-corrected chi connectivity index (χ1v) is 18.7. The van der Waals surface area contributed by atoms with E-state index in [2.05, 4.69) is 5.32 Å². The molecule has 1 saturated carbocycles. The van der Waals surface area contributed by atoms with Crippen LogP contribution in [0.15, 0.2) is 60.7 Å². The van der Waals surface area contributed by atoms with Crippen molar-refractivity contribution in [2.45, 2.75) is 82.4 Å². The number of rotatable bonds is 15. The van der Waals surface area contributed by atoms with E-state index < -0.39 is 42.6 Å². The first kappa shape index (κ1) is 39.7. The summed E-state index contributed by atoms with van der Waals surface area (Å²) >= 11 is 12.4. The van der Waals surface area contributed by atoms with Crippen molar-refractivity contribution in [3.63, 3.8) is 0 Å². The van der Waals surface area contributed by atoms with Crippen molar-refractivity contribution in [2.24, 2.45) is 5.92 Å². The number of likely N-dealkylation sites (tertiary alicyclic amines) is 1. The minimum Gasteiger partial charge on any atom is -0.493 e. The Hall–Kier alpha value is -4.48. The lowest BCUT2D eigenvalue weighted by Crippen LogP contribution is -2.58. The van der Waals surface area contributed by atoms with Crippen molar-refractivity contribution in [3.05, 3.63) is 87.4 Å². The van der Waals surface area contributed by atoms with Gasteiger partial charge in [0.25, 0.3) is 5.91 Å². The highest BCUT2D eigenvalue weighted by Crippen LogP contribution is 2.34. The van der Waals surface area contributed by atoms with Gasteiger partial charge in [0.05, 0.1) is 14.2 Å². The molecule has 0 radical (unpaired) electrons. The van der Waals surface area contributed by atoms with Crippen LogP contribution >= 0.6 is 23.2 Å². The first-order chi connectivity index (χ1) is 25.6. The number of nitrogens with one attached hydrogen (secondary N) is 1. The zero-order valence-corrected chi connectivity index (χ0v) is 31.5. The highest BCUT2D eigenvalue weighted by molar-refractivity contribution is 6.35. The van der Waals surface area contributed by atoms with Crippen molar-refractivity contribution in [1.82, 2.24) is 10.2 Å². The van der Waals surface area contributed by atoms with Gasteiger partial charge in [-0.1, -0.05) is 60.7 Å². The fourth-order valence-electron chi connectivity index (χ4n) is 7.17. The number of ether oxygens (including phenoxy) is 4. The van der Waals surface area contributed by atoms with E-state index in [1.807, 2.05) is 18.2 Å². The van der Waals surface area contributed by atoms with Gasteiger partial charge in [-0.3, -0.25) is 9.59 Å². The van der Waals surface area contributed by atoms with Crippen molar-refractivity contribution in [3.8, 4) is 17.2 Å². The fraction of sp³-hybridized carbons (Fsp3) is 0.450. The number of esters is 1. The summed E-state index contributed by atoms with van der Waals surface area (Å²) in [5.74, 6) is -1.08. The summed E-state index contributed by atoms with van der Waals surface area (Å²) in [7, 11) is 3.12. The standard InChI is InChI=1S/C40H46Cl2N2O9/c1-50-34-17-15-25(19-35(34)51-2)14-16-33(27-11-8-12-31(22-27)52-24-36(45)46)53-40(49)32-13-6-7-18-44(32)39(48)37(26-9-4-3-5-10-26)43-38(47)28-20-29(41)23-30(42)21-28/h8,11-12,15,17,19-23,26,32-33,37H,3-7,9-10,13-14,16,18,24H2,1-2H3,(H,43,47)(H,45,46)/t32-,33?,37?/m0/s1. The van der Waals surface area contributed by atoms with Gasteiger partial charge >= 0.3 is 11.9 Å². The van der Waals surface area contributed by atoms with Gasteiger partial charge in [-0.15, -0.1) is 0 Å². The number of hydrogen-bond acceptors (Lipinski definition) is 8. The van der Waals surface area contributed by atoms with E-state index >= 15 is 0 Å². The van der Waals surface area contributed by atoms with Crippen LogP contribution in [-0.2, 0) is 25.5 Å². The number of carboxylic acids is 1. The summed E-state index contributed by atoms with van der Waals surface area (Å²) < 4.78 is 22.6. The predicted octanol–water partition coefficient (Wildman–Crippen LogP) is 7.45. The van der Waals surface area contributed by atoms with Crippen LogP contribution in [-0.4, -0.2) is 73.2 Å². The van der Waals surface area contributed by atoms with Crippen LogP contribution in [0.2, 0.25) is 10.0 Å². The molecule has 1 aliphatic carbocycles. The summed E-state index contributed by atoms with van der Waals surface area (Å²) in [4.78, 5) is 55.1. The number of carbonyl (C=O) groups excluding carboxylic acids is 3. The molecule has 13 heteroatoms. The minimum atomic E-state index is -1.12. The molecule has 11 nitrogen and oxygen atoms in total. The van der Waals surface area contributed by atoms with E-state index in [1.165, 1.54) is 18.2 Å². The molecule has 1 saturated heterocycles. The molecule has 53 heavy (non-hydrogen) atoms. The predicted molar refractivity (Wildman–Crippen MR) is 200 cm³/mol. The molecule has 2 unspecified atom stereocenters. The third-order valence-electron chi connectivity index (χ3n) is 9.85. The van der Waals surface area contributed by atoms with E-state index in [0.717, 1.165) is 44.1 Å². The average Bonchev–Trinajstić information content (AvgIpc) is 3.17. The Bertz CT molecular complexity index is 1740. The Morgan fingerprint density at radius 2 is 1.58 bits per heavy atom. The lowest BCUT2D eigenvalue weighted by atomic mass is 9.82. The van der Waals surface area contributed by atoms with Gasteiger partial charge in [-0.05, 0) is 104 Å². The number of carbonyl (C=O) groups is 4. The summed E-state index contributed by atoms with van der Waals surface area (Å²) in [6.45, 7) is -0.183. The van der Waals surface area contributed by atoms with Crippen molar-refractivity contribution in [1.29, 1.82) is 0 Å². The second-order valence-electron chi connectivity index (χ2n) is 13.5. The highest BCUT2D eigenvalue weighted by atomic mass is 35.5. The molecule has 3 aromatic carbocycles. The largest absolute Gasteiger partial charge is 0.493 e. The molecular formula is C40H46Cl2N2O9. The molecular weight excluding hydrogens is 723 g/mol. The number of carboxylic acid groups (broad SMARTS) is 1. The van der Waals surface area contributed by atoms with E-state index in [0.29, 0.717) is 65.1 Å². The molecule has 0 bridgehead atoms. The summed E-state index contributed by atoms with van der Waals surface area (Å²) in [6, 6.07) is 15.2. The van der Waals surface area contributed by atoms with Crippen molar-refractivity contribution in [2.75, 3.05) is 27.4 Å². The van der Waals surface area contributed by atoms with Gasteiger partial charge < -0.3 is 34.3 Å². The van der Waals surface area contributed by atoms with Crippen LogP contribution in [0.25, 0.3) is 0 Å². The van der Waals surface area contributed by atoms with Gasteiger partial charge in [0.15, 0.2) is 18.1 Å². The van der Waals surface area contributed by atoms with Crippen LogP contribution in [0, 0.1) is 5.92 Å². The SMILES string of the molecule is COc1ccc(CCC(OC(=O)[C@@H]2CCCCN2C(=O)C(NC(=O)c2cc(Cl)cc(Cl)c2)C2CCCCC2)c2cccc(OCC(=O)O)c2)cc1OC.